The molecule has 0 radical (unpaired) electrons. The van der Waals surface area contributed by atoms with Gasteiger partial charge in [-0.3, -0.25) is 16.0 Å². The monoisotopic (exact) mass is 294 g/mol. The molecule has 0 amide bonds. The van der Waals surface area contributed by atoms with Crippen LogP contribution >= 0.6 is 0 Å². The molecular weight excluding hydrogens is 274 g/mol. The molecule has 0 spiro atoms. The van der Waals surface area contributed by atoms with E-state index in [0.717, 1.165) is 23.9 Å². The number of aromatic nitrogens is 2. The average molecular weight is 294 g/mol. The van der Waals surface area contributed by atoms with Gasteiger partial charge in [0, 0.05) is 25.2 Å². The quantitative estimate of drug-likeness (QED) is 0.632. The zero-order valence-corrected chi connectivity index (χ0v) is 12.2. The fourth-order valence-electron chi connectivity index (χ4n) is 2.35. The van der Waals surface area contributed by atoms with Gasteiger partial charge < -0.3 is 0 Å². The number of rotatable bonds is 6. The van der Waals surface area contributed by atoms with Gasteiger partial charge in [0.2, 0.25) is 0 Å². The van der Waals surface area contributed by atoms with Gasteiger partial charge in [0.05, 0.1) is 5.69 Å². The van der Waals surface area contributed by atoms with Crippen molar-refractivity contribution in [3.8, 4) is 0 Å². The van der Waals surface area contributed by atoms with E-state index in [1.165, 1.54) is 6.07 Å². The van der Waals surface area contributed by atoms with Crippen LogP contribution in [0.15, 0.2) is 24.3 Å². The Bertz CT molecular complexity index is 610. The van der Waals surface area contributed by atoms with E-state index < -0.39 is 11.6 Å². The molecule has 0 saturated carbocycles. The van der Waals surface area contributed by atoms with Crippen LogP contribution in [0, 0.1) is 11.6 Å². The van der Waals surface area contributed by atoms with Crippen LogP contribution in [-0.4, -0.2) is 15.8 Å². The SMILES string of the molecule is CCc1cc(CC(Cc2cccc(F)c2F)NN)n(C)n1. The van der Waals surface area contributed by atoms with Gasteiger partial charge in [-0.25, -0.2) is 8.78 Å². The largest absolute Gasteiger partial charge is 0.272 e. The predicted octanol–water partition coefficient (Wildman–Crippen LogP) is 1.88. The topological polar surface area (TPSA) is 55.9 Å². The lowest BCUT2D eigenvalue weighted by Gasteiger charge is -2.16. The highest BCUT2D eigenvalue weighted by Crippen LogP contribution is 2.15. The summed E-state index contributed by atoms with van der Waals surface area (Å²) < 4.78 is 28.7. The number of nitrogens with one attached hydrogen (secondary N) is 1. The average Bonchev–Trinajstić information content (AvgIpc) is 2.83. The zero-order valence-electron chi connectivity index (χ0n) is 12.2. The molecule has 0 aliphatic carbocycles. The van der Waals surface area contributed by atoms with Crippen molar-refractivity contribution in [2.24, 2.45) is 12.9 Å². The summed E-state index contributed by atoms with van der Waals surface area (Å²) >= 11 is 0. The lowest BCUT2D eigenvalue weighted by atomic mass is 10.0. The van der Waals surface area contributed by atoms with E-state index in [1.54, 1.807) is 10.7 Å². The first-order valence-corrected chi connectivity index (χ1v) is 6.96. The van der Waals surface area contributed by atoms with Crippen molar-refractivity contribution in [3.05, 3.63) is 52.9 Å². The molecule has 1 aromatic carbocycles. The first kappa shape index (κ1) is 15.6. The number of nitrogens with two attached hydrogens (primary N) is 1. The van der Waals surface area contributed by atoms with Crippen LogP contribution in [0.2, 0.25) is 0 Å². The van der Waals surface area contributed by atoms with Gasteiger partial charge in [-0.05, 0) is 30.5 Å². The Morgan fingerprint density at radius 1 is 1.33 bits per heavy atom. The van der Waals surface area contributed by atoms with E-state index in [4.69, 9.17) is 5.84 Å². The van der Waals surface area contributed by atoms with Gasteiger partial charge in [-0.15, -0.1) is 0 Å². The Labute approximate surface area is 122 Å². The number of nitrogens with zero attached hydrogens (tertiary/aromatic N) is 2. The molecule has 0 aliphatic rings. The smallest absolute Gasteiger partial charge is 0.162 e. The van der Waals surface area contributed by atoms with Crippen molar-refractivity contribution in [3.63, 3.8) is 0 Å². The van der Waals surface area contributed by atoms with Crippen molar-refractivity contribution in [1.82, 2.24) is 15.2 Å². The summed E-state index contributed by atoms with van der Waals surface area (Å²) in [6.45, 7) is 2.03. The van der Waals surface area contributed by atoms with Gasteiger partial charge in [-0.1, -0.05) is 19.1 Å². The van der Waals surface area contributed by atoms with Crippen LogP contribution in [0.5, 0.6) is 0 Å². The molecule has 1 atom stereocenters. The van der Waals surface area contributed by atoms with Gasteiger partial charge in [0.15, 0.2) is 11.6 Å². The van der Waals surface area contributed by atoms with Crippen LogP contribution in [0.25, 0.3) is 0 Å². The van der Waals surface area contributed by atoms with E-state index in [1.807, 2.05) is 20.0 Å². The Balaban J connectivity index is 2.13. The maximum atomic E-state index is 13.7. The fraction of sp³-hybridized carbons (Fsp3) is 0.400. The molecule has 3 N–H and O–H groups in total. The Kier molecular flexibility index (Phi) is 5.03. The van der Waals surface area contributed by atoms with Gasteiger partial charge in [0.1, 0.15) is 0 Å². The van der Waals surface area contributed by atoms with Crippen molar-refractivity contribution in [1.29, 1.82) is 0 Å². The molecule has 2 aromatic rings. The van der Waals surface area contributed by atoms with Crippen molar-refractivity contribution < 1.29 is 8.78 Å². The molecule has 2 rings (SSSR count). The first-order valence-electron chi connectivity index (χ1n) is 6.96. The summed E-state index contributed by atoms with van der Waals surface area (Å²) in [6.07, 6.45) is 1.76. The fourth-order valence-corrected chi connectivity index (χ4v) is 2.35. The summed E-state index contributed by atoms with van der Waals surface area (Å²) in [5.74, 6) is 3.91. The summed E-state index contributed by atoms with van der Waals surface area (Å²) in [5.41, 5.74) is 4.99. The number of hydrazine groups is 1. The third-order valence-corrected chi connectivity index (χ3v) is 3.58. The maximum Gasteiger partial charge on any atom is 0.162 e. The lowest BCUT2D eigenvalue weighted by molar-refractivity contribution is 0.468. The Morgan fingerprint density at radius 3 is 2.71 bits per heavy atom. The van der Waals surface area contributed by atoms with Crippen LogP contribution in [0.4, 0.5) is 8.78 Å². The first-order chi connectivity index (χ1) is 10.0. The van der Waals surface area contributed by atoms with Crippen molar-refractivity contribution >= 4 is 0 Å². The number of hydrogen-bond donors (Lipinski definition) is 2. The molecule has 0 fully saturated rings. The van der Waals surface area contributed by atoms with Crippen LogP contribution < -0.4 is 11.3 Å². The van der Waals surface area contributed by atoms with Crippen LogP contribution in [0.1, 0.15) is 23.9 Å². The molecule has 1 aromatic heterocycles. The molecule has 21 heavy (non-hydrogen) atoms. The van der Waals surface area contributed by atoms with Crippen LogP contribution in [0.3, 0.4) is 0 Å². The third-order valence-electron chi connectivity index (χ3n) is 3.58. The number of halogens is 2. The predicted molar refractivity (Wildman–Crippen MR) is 77.5 cm³/mol. The lowest BCUT2D eigenvalue weighted by Crippen LogP contribution is -2.39. The standard InChI is InChI=1S/C15H20F2N4/c1-3-11-8-13(21(2)20-11)9-12(19-18)7-10-5-4-6-14(16)15(10)17/h4-6,8,12,19H,3,7,9,18H2,1-2H3. The van der Waals surface area contributed by atoms with E-state index in [0.29, 0.717) is 18.4 Å². The number of benzene rings is 1. The van der Waals surface area contributed by atoms with Gasteiger partial charge >= 0.3 is 0 Å². The number of aryl methyl sites for hydroxylation is 2. The Morgan fingerprint density at radius 2 is 2.10 bits per heavy atom. The minimum absolute atomic E-state index is 0.193. The minimum atomic E-state index is -0.836. The number of hydrogen-bond acceptors (Lipinski definition) is 3. The van der Waals surface area contributed by atoms with E-state index in [2.05, 4.69) is 10.5 Å². The normalized spacial score (nSPS) is 12.6. The molecule has 0 saturated heterocycles. The molecule has 6 heteroatoms. The molecule has 114 valence electrons. The maximum absolute atomic E-state index is 13.7. The van der Waals surface area contributed by atoms with Gasteiger partial charge in [-0.2, -0.15) is 5.10 Å². The van der Waals surface area contributed by atoms with Gasteiger partial charge in [0.25, 0.3) is 0 Å². The second kappa shape index (κ2) is 6.78. The third kappa shape index (κ3) is 3.65. The summed E-state index contributed by atoms with van der Waals surface area (Å²) in [7, 11) is 1.87. The highest BCUT2D eigenvalue weighted by atomic mass is 19.2. The molecule has 0 aliphatic heterocycles. The zero-order chi connectivity index (χ0) is 15.4. The molecule has 0 bridgehead atoms. The Hall–Kier alpha value is -1.79. The molecule has 1 heterocycles. The summed E-state index contributed by atoms with van der Waals surface area (Å²) in [5, 5.41) is 4.37. The van der Waals surface area contributed by atoms with Crippen LogP contribution in [-0.2, 0) is 26.3 Å². The van der Waals surface area contributed by atoms with E-state index in [-0.39, 0.29) is 6.04 Å². The molecule has 4 nitrogen and oxygen atoms in total. The minimum Gasteiger partial charge on any atom is -0.272 e. The highest BCUT2D eigenvalue weighted by molar-refractivity contribution is 5.21. The van der Waals surface area contributed by atoms with Crippen molar-refractivity contribution in [2.75, 3.05) is 0 Å². The van der Waals surface area contributed by atoms with E-state index >= 15 is 0 Å². The van der Waals surface area contributed by atoms with Crippen molar-refractivity contribution in [2.45, 2.75) is 32.2 Å². The second-order valence-corrected chi connectivity index (χ2v) is 5.09. The second-order valence-electron chi connectivity index (χ2n) is 5.09. The highest BCUT2D eigenvalue weighted by Gasteiger charge is 2.16. The summed E-state index contributed by atoms with van der Waals surface area (Å²) in [4.78, 5) is 0. The molecular formula is C15H20F2N4. The summed E-state index contributed by atoms with van der Waals surface area (Å²) in [6, 6.07) is 6.00. The van der Waals surface area contributed by atoms with E-state index in [9.17, 15) is 8.78 Å². The molecule has 1 unspecified atom stereocenters.